The standard InChI is InChI=1S/C24H24N8O4/c1-14-12-30(8-9-31(14)22(34)15-6-4-3-5-7-15)23(35)20(33)16-10-26-19-18(16)17(36-2)11-27-21(19)32-13-28-24(25)29-32/h3-7,10-11,13-14,26H,8-9,12H2,1-2H3,(H2,25,29)/t14-/m1/s1. The second-order valence-corrected chi connectivity index (χ2v) is 8.44. The van der Waals surface area contributed by atoms with Crippen LogP contribution in [0.2, 0.25) is 0 Å². The van der Waals surface area contributed by atoms with Gasteiger partial charge in [0, 0.05) is 37.4 Å². The minimum atomic E-state index is -0.690. The largest absolute Gasteiger partial charge is 0.494 e. The molecule has 4 heterocycles. The van der Waals surface area contributed by atoms with Crippen molar-refractivity contribution >= 4 is 34.4 Å². The molecule has 0 aliphatic carbocycles. The van der Waals surface area contributed by atoms with Gasteiger partial charge in [-0.25, -0.2) is 9.97 Å². The van der Waals surface area contributed by atoms with Gasteiger partial charge >= 0.3 is 0 Å². The fraction of sp³-hybridized carbons (Fsp3) is 0.250. The van der Waals surface area contributed by atoms with Gasteiger partial charge in [0.15, 0.2) is 5.82 Å². The Balaban J connectivity index is 1.39. The Morgan fingerprint density at radius 3 is 2.58 bits per heavy atom. The molecular weight excluding hydrogens is 464 g/mol. The van der Waals surface area contributed by atoms with Crippen LogP contribution in [0.4, 0.5) is 5.95 Å². The maximum absolute atomic E-state index is 13.4. The van der Waals surface area contributed by atoms with E-state index in [4.69, 9.17) is 10.5 Å². The van der Waals surface area contributed by atoms with Gasteiger partial charge in [0.2, 0.25) is 5.95 Å². The molecule has 1 fully saturated rings. The number of carbonyl (C=O) groups excluding carboxylic acids is 3. The lowest BCUT2D eigenvalue weighted by Crippen LogP contribution is -2.56. The highest BCUT2D eigenvalue weighted by Crippen LogP contribution is 2.32. The third kappa shape index (κ3) is 3.91. The highest BCUT2D eigenvalue weighted by atomic mass is 16.5. The zero-order valence-electron chi connectivity index (χ0n) is 19.7. The maximum atomic E-state index is 13.4. The Bertz CT molecular complexity index is 1460. The van der Waals surface area contributed by atoms with Gasteiger partial charge in [0.1, 0.15) is 12.1 Å². The molecule has 1 atom stereocenters. The molecule has 1 saturated heterocycles. The lowest BCUT2D eigenvalue weighted by Gasteiger charge is -2.39. The molecule has 0 radical (unpaired) electrons. The average molecular weight is 489 g/mol. The molecule has 3 aromatic heterocycles. The van der Waals surface area contributed by atoms with Crippen molar-refractivity contribution in [2.75, 3.05) is 32.5 Å². The average Bonchev–Trinajstić information content (AvgIpc) is 3.54. The smallest absolute Gasteiger partial charge is 0.295 e. The van der Waals surface area contributed by atoms with Gasteiger partial charge in [-0.05, 0) is 19.1 Å². The van der Waals surface area contributed by atoms with E-state index in [0.29, 0.717) is 34.6 Å². The van der Waals surface area contributed by atoms with E-state index in [1.807, 2.05) is 25.1 Å². The molecule has 1 aliphatic heterocycles. The number of fused-ring (bicyclic) bond motifs is 1. The number of nitrogens with zero attached hydrogens (tertiary/aromatic N) is 6. The lowest BCUT2D eigenvalue weighted by atomic mass is 10.1. The van der Waals surface area contributed by atoms with E-state index in [9.17, 15) is 14.4 Å². The summed E-state index contributed by atoms with van der Waals surface area (Å²) in [7, 11) is 1.46. The first kappa shape index (κ1) is 23.0. The third-order valence-electron chi connectivity index (χ3n) is 6.24. The summed E-state index contributed by atoms with van der Waals surface area (Å²) in [6, 6.07) is 8.74. The van der Waals surface area contributed by atoms with Crippen molar-refractivity contribution in [3.05, 3.63) is 60.2 Å². The number of carbonyl (C=O) groups is 3. The van der Waals surface area contributed by atoms with E-state index in [2.05, 4.69) is 20.1 Å². The van der Waals surface area contributed by atoms with Crippen LogP contribution in [-0.4, -0.2) is 84.9 Å². The molecule has 2 amide bonds. The van der Waals surface area contributed by atoms with Crippen LogP contribution < -0.4 is 10.5 Å². The number of rotatable bonds is 5. The highest BCUT2D eigenvalue weighted by molar-refractivity contribution is 6.45. The molecule has 1 aliphatic rings. The molecule has 4 aromatic rings. The summed E-state index contributed by atoms with van der Waals surface area (Å²) in [6.45, 7) is 2.68. The van der Waals surface area contributed by atoms with Gasteiger partial charge in [-0.3, -0.25) is 14.4 Å². The molecule has 0 unspecified atom stereocenters. The summed E-state index contributed by atoms with van der Waals surface area (Å²) < 4.78 is 6.79. The van der Waals surface area contributed by atoms with Crippen molar-refractivity contribution < 1.29 is 19.1 Å². The van der Waals surface area contributed by atoms with E-state index in [1.165, 1.54) is 35.4 Å². The van der Waals surface area contributed by atoms with Crippen molar-refractivity contribution in [3.8, 4) is 11.6 Å². The number of nitrogens with two attached hydrogens (primary N) is 1. The topological polar surface area (TPSA) is 152 Å². The molecular formula is C24H24N8O4. The number of methoxy groups -OCH3 is 1. The van der Waals surface area contributed by atoms with Crippen LogP contribution in [0.3, 0.4) is 0 Å². The van der Waals surface area contributed by atoms with E-state index < -0.39 is 11.7 Å². The zero-order chi connectivity index (χ0) is 25.4. The van der Waals surface area contributed by atoms with E-state index in [-0.39, 0.29) is 36.6 Å². The summed E-state index contributed by atoms with van der Waals surface area (Å²) in [6.07, 6.45) is 4.30. The fourth-order valence-corrected chi connectivity index (χ4v) is 4.44. The first-order valence-electron chi connectivity index (χ1n) is 11.3. The highest BCUT2D eigenvalue weighted by Gasteiger charge is 2.34. The molecule has 36 heavy (non-hydrogen) atoms. The summed E-state index contributed by atoms with van der Waals surface area (Å²) in [5.74, 6) is -0.701. The maximum Gasteiger partial charge on any atom is 0.295 e. The molecule has 0 saturated carbocycles. The third-order valence-corrected chi connectivity index (χ3v) is 6.24. The number of aromatic nitrogens is 5. The van der Waals surface area contributed by atoms with Crippen molar-refractivity contribution in [1.82, 2.24) is 34.5 Å². The Kier molecular flexibility index (Phi) is 5.84. The summed E-state index contributed by atoms with van der Waals surface area (Å²) in [5.41, 5.74) is 6.82. The van der Waals surface area contributed by atoms with Crippen molar-refractivity contribution in [1.29, 1.82) is 0 Å². The Morgan fingerprint density at radius 2 is 1.92 bits per heavy atom. The van der Waals surface area contributed by atoms with Crippen LogP contribution in [0.25, 0.3) is 16.7 Å². The van der Waals surface area contributed by atoms with Crippen molar-refractivity contribution in [3.63, 3.8) is 0 Å². The van der Waals surface area contributed by atoms with Crippen LogP contribution in [0.15, 0.2) is 49.1 Å². The van der Waals surface area contributed by atoms with Gasteiger partial charge in [-0.1, -0.05) is 18.2 Å². The monoisotopic (exact) mass is 488 g/mol. The van der Waals surface area contributed by atoms with Crippen LogP contribution >= 0.6 is 0 Å². The van der Waals surface area contributed by atoms with Gasteiger partial charge in [0.25, 0.3) is 17.6 Å². The van der Waals surface area contributed by atoms with E-state index in [1.54, 1.807) is 17.0 Å². The van der Waals surface area contributed by atoms with Crippen molar-refractivity contribution in [2.24, 2.45) is 0 Å². The minimum absolute atomic E-state index is 0.0674. The molecule has 0 bridgehead atoms. The fourth-order valence-electron chi connectivity index (χ4n) is 4.44. The Hall–Kier alpha value is -4.74. The normalized spacial score (nSPS) is 15.8. The number of nitrogen functional groups attached to an aromatic ring is 1. The number of Topliss-reactive ketones (excluding diaryl/α,β-unsaturated/α-hetero) is 1. The number of benzene rings is 1. The predicted octanol–water partition coefficient (Wildman–Crippen LogP) is 1.29. The van der Waals surface area contributed by atoms with Crippen LogP contribution in [0.5, 0.6) is 5.75 Å². The van der Waals surface area contributed by atoms with Crippen LogP contribution in [0, 0.1) is 0 Å². The number of anilines is 1. The van der Waals surface area contributed by atoms with E-state index >= 15 is 0 Å². The van der Waals surface area contributed by atoms with Gasteiger partial charge in [0.05, 0.1) is 29.8 Å². The molecule has 12 heteroatoms. The molecule has 1 aromatic carbocycles. The number of H-pyrrole nitrogens is 1. The predicted molar refractivity (Wildman–Crippen MR) is 130 cm³/mol. The van der Waals surface area contributed by atoms with Gasteiger partial charge in [-0.15, -0.1) is 5.10 Å². The summed E-state index contributed by atoms with van der Waals surface area (Å²) in [5, 5.41) is 4.47. The molecule has 12 nitrogen and oxygen atoms in total. The van der Waals surface area contributed by atoms with Gasteiger partial charge in [-0.2, -0.15) is 4.68 Å². The quantitative estimate of drug-likeness (QED) is 0.315. The first-order chi connectivity index (χ1) is 17.4. The lowest BCUT2D eigenvalue weighted by molar-refractivity contribution is -0.128. The molecule has 0 spiro atoms. The van der Waals surface area contributed by atoms with Crippen LogP contribution in [-0.2, 0) is 4.79 Å². The summed E-state index contributed by atoms with van der Waals surface area (Å²) in [4.78, 5) is 53.9. The SMILES string of the molecule is COc1cnc(-n2cnc(N)n2)c2[nH]cc(C(=O)C(=O)N3CCN(C(=O)c4ccccc4)[C@H](C)C3)c12. The number of amides is 2. The summed E-state index contributed by atoms with van der Waals surface area (Å²) >= 11 is 0. The second-order valence-electron chi connectivity index (χ2n) is 8.44. The van der Waals surface area contributed by atoms with E-state index in [0.717, 1.165) is 0 Å². The minimum Gasteiger partial charge on any atom is -0.494 e. The number of pyridine rings is 1. The number of piperazine rings is 1. The number of ketones is 1. The molecule has 184 valence electrons. The molecule has 3 N–H and O–H groups in total. The van der Waals surface area contributed by atoms with Crippen LogP contribution in [0.1, 0.15) is 27.6 Å². The van der Waals surface area contributed by atoms with Crippen molar-refractivity contribution in [2.45, 2.75) is 13.0 Å². The van der Waals surface area contributed by atoms with Gasteiger partial charge < -0.3 is 25.3 Å². The number of nitrogens with one attached hydrogen (secondary N) is 1. The number of hydrogen-bond acceptors (Lipinski definition) is 8. The number of ether oxygens (including phenoxy) is 1. The number of aromatic amines is 1. The Labute approximate surface area is 205 Å². The molecule has 5 rings (SSSR count). The zero-order valence-corrected chi connectivity index (χ0v) is 19.7. The number of hydrogen-bond donors (Lipinski definition) is 2. The second kappa shape index (κ2) is 9.13. The Morgan fingerprint density at radius 1 is 1.14 bits per heavy atom. The first-order valence-corrected chi connectivity index (χ1v) is 11.3.